The number of allylic oxidation sites excluding steroid dienone is 1. The normalized spacial score (nSPS) is 16.4. The van der Waals surface area contributed by atoms with Gasteiger partial charge in [-0.05, 0) is 47.0 Å². The van der Waals surface area contributed by atoms with Gasteiger partial charge in [0.15, 0.2) is 0 Å². The van der Waals surface area contributed by atoms with Gasteiger partial charge in [0, 0.05) is 25.2 Å². The molecular formula is C18H31N3O4. The molecule has 0 aromatic carbocycles. The zero-order chi connectivity index (χ0) is 19.0. The second-order valence-corrected chi connectivity index (χ2v) is 7.37. The fourth-order valence-corrected chi connectivity index (χ4v) is 2.39. The molecule has 0 atom stereocenters. The Morgan fingerprint density at radius 1 is 1.20 bits per heavy atom. The summed E-state index contributed by atoms with van der Waals surface area (Å²) >= 11 is 0. The number of piperidine rings is 1. The molecule has 1 fully saturated rings. The molecule has 1 heterocycles. The predicted molar refractivity (Wildman–Crippen MR) is 96.0 cm³/mol. The number of hydrogen-bond acceptors (Lipinski definition) is 4. The number of alkyl carbamates (subject to hydrolysis) is 1. The highest BCUT2D eigenvalue weighted by atomic mass is 16.6. The second-order valence-electron chi connectivity index (χ2n) is 7.37. The summed E-state index contributed by atoms with van der Waals surface area (Å²) in [5.41, 5.74) is 0.471. The zero-order valence-electron chi connectivity index (χ0n) is 16.0. The fourth-order valence-electron chi connectivity index (χ4n) is 2.39. The molecular weight excluding hydrogens is 322 g/mol. The van der Waals surface area contributed by atoms with Crippen molar-refractivity contribution >= 4 is 17.9 Å². The van der Waals surface area contributed by atoms with E-state index in [1.807, 2.05) is 13.8 Å². The molecule has 0 spiro atoms. The molecule has 0 aliphatic carbocycles. The summed E-state index contributed by atoms with van der Waals surface area (Å²) in [6, 6.07) is 0.0215. The smallest absolute Gasteiger partial charge is 0.408 e. The Hall–Kier alpha value is -2.05. The van der Waals surface area contributed by atoms with E-state index in [0.717, 1.165) is 12.0 Å². The van der Waals surface area contributed by atoms with Crippen LogP contribution in [0.15, 0.2) is 11.6 Å². The number of amides is 3. The van der Waals surface area contributed by atoms with E-state index < -0.39 is 11.7 Å². The van der Waals surface area contributed by atoms with Gasteiger partial charge >= 0.3 is 6.09 Å². The Bertz CT molecular complexity index is 515. The quantitative estimate of drug-likeness (QED) is 0.740. The molecule has 142 valence electrons. The van der Waals surface area contributed by atoms with E-state index in [0.29, 0.717) is 25.9 Å². The topological polar surface area (TPSA) is 87.7 Å². The molecule has 2 N–H and O–H groups in total. The third-order valence-corrected chi connectivity index (χ3v) is 3.89. The standard InChI is InChI=1S/C18H31N3O4/c1-6-13(2)11-16(23)21-9-7-14(8-10-21)20-15(22)12-19-17(24)25-18(3,4)5/h11,14H,6-10,12H2,1-5H3,(H,19,24)(H,20,22)/b13-11+. The van der Waals surface area contributed by atoms with Crippen LogP contribution in [0.4, 0.5) is 4.79 Å². The van der Waals surface area contributed by atoms with Crippen LogP contribution in [0.2, 0.25) is 0 Å². The summed E-state index contributed by atoms with van der Waals surface area (Å²) in [6.07, 6.45) is 3.36. The molecule has 0 bridgehead atoms. The summed E-state index contributed by atoms with van der Waals surface area (Å²) in [4.78, 5) is 37.3. The van der Waals surface area contributed by atoms with Gasteiger partial charge in [0.05, 0.1) is 0 Å². The van der Waals surface area contributed by atoms with Gasteiger partial charge in [0.1, 0.15) is 12.1 Å². The first-order valence-electron chi connectivity index (χ1n) is 8.83. The molecule has 0 radical (unpaired) electrons. The van der Waals surface area contributed by atoms with Gasteiger partial charge in [0.2, 0.25) is 11.8 Å². The van der Waals surface area contributed by atoms with Crippen LogP contribution in [-0.2, 0) is 14.3 Å². The second kappa shape index (κ2) is 9.44. The van der Waals surface area contributed by atoms with Crippen LogP contribution in [0.5, 0.6) is 0 Å². The van der Waals surface area contributed by atoms with Crippen LogP contribution >= 0.6 is 0 Å². The Labute approximate surface area is 150 Å². The molecule has 1 aliphatic rings. The van der Waals surface area contributed by atoms with Crippen molar-refractivity contribution < 1.29 is 19.1 Å². The van der Waals surface area contributed by atoms with Crippen molar-refractivity contribution in [1.29, 1.82) is 0 Å². The number of nitrogens with zero attached hydrogens (tertiary/aromatic N) is 1. The maximum atomic E-state index is 12.1. The number of carbonyl (C=O) groups is 3. The summed E-state index contributed by atoms with van der Waals surface area (Å²) in [5, 5.41) is 5.32. The largest absolute Gasteiger partial charge is 0.444 e. The van der Waals surface area contributed by atoms with E-state index in [1.54, 1.807) is 31.7 Å². The maximum absolute atomic E-state index is 12.1. The summed E-state index contributed by atoms with van der Waals surface area (Å²) in [5.74, 6) is -0.215. The molecule has 25 heavy (non-hydrogen) atoms. The maximum Gasteiger partial charge on any atom is 0.408 e. The highest BCUT2D eigenvalue weighted by molar-refractivity contribution is 5.88. The zero-order valence-corrected chi connectivity index (χ0v) is 16.0. The number of likely N-dealkylation sites (tertiary alicyclic amines) is 1. The molecule has 0 aromatic rings. The molecule has 1 rings (SSSR count). The van der Waals surface area contributed by atoms with Crippen molar-refractivity contribution in [2.75, 3.05) is 19.6 Å². The Morgan fingerprint density at radius 3 is 2.32 bits per heavy atom. The van der Waals surface area contributed by atoms with E-state index in [4.69, 9.17) is 4.74 Å². The van der Waals surface area contributed by atoms with Gasteiger partial charge < -0.3 is 20.3 Å². The molecule has 0 saturated carbocycles. The van der Waals surface area contributed by atoms with Gasteiger partial charge in [-0.25, -0.2) is 4.79 Å². The van der Waals surface area contributed by atoms with E-state index in [1.165, 1.54) is 0 Å². The van der Waals surface area contributed by atoms with Crippen molar-refractivity contribution in [1.82, 2.24) is 15.5 Å². The number of carbonyl (C=O) groups excluding carboxylic acids is 3. The number of rotatable bonds is 5. The van der Waals surface area contributed by atoms with Crippen LogP contribution < -0.4 is 10.6 Å². The first-order valence-corrected chi connectivity index (χ1v) is 8.83. The molecule has 3 amide bonds. The van der Waals surface area contributed by atoms with Crippen LogP contribution in [0.3, 0.4) is 0 Å². The minimum Gasteiger partial charge on any atom is -0.444 e. The van der Waals surface area contributed by atoms with Crippen LogP contribution in [0.1, 0.15) is 53.9 Å². The minimum absolute atomic E-state index is 0.0215. The van der Waals surface area contributed by atoms with Gasteiger partial charge in [-0.2, -0.15) is 0 Å². The van der Waals surface area contributed by atoms with Crippen molar-refractivity contribution in [2.45, 2.75) is 65.5 Å². The highest BCUT2D eigenvalue weighted by Gasteiger charge is 2.23. The average Bonchev–Trinajstić information content (AvgIpc) is 2.51. The molecule has 0 aromatic heterocycles. The number of ether oxygens (including phenoxy) is 1. The lowest BCUT2D eigenvalue weighted by molar-refractivity contribution is -0.127. The van der Waals surface area contributed by atoms with Crippen molar-refractivity contribution in [2.24, 2.45) is 0 Å². The predicted octanol–water partition coefficient (Wildman–Crippen LogP) is 1.97. The van der Waals surface area contributed by atoms with E-state index in [9.17, 15) is 14.4 Å². The summed E-state index contributed by atoms with van der Waals surface area (Å²) in [7, 11) is 0. The third kappa shape index (κ3) is 8.56. The highest BCUT2D eigenvalue weighted by Crippen LogP contribution is 2.12. The van der Waals surface area contributed by atoms with Gasteiger partial charge in [-0.15, -0.1) is 0 Å². The van der Waals surface area contributed by atoms with Crippen molar-refractivity contribution in [3.8, 4) is 0 Å². The first kappa shape index (κ1) is 21.0. The van der Waals surface area contributed by atoms with Crippen LogP contribution in [0.25, 0.3) is 0 Å². The molecule has 0 unspecified atom stereocenters. The third-order valence-electron chi connectivity index (χ3n) is 3.89. The van der Waals surface area contributed by atoms with Gasteiger partial charge in [0.25, 0.3) is 0 Å². The number of nitrogens with one attached hydrogen (secondary N) is 2. The lowest BCUT2D eigenvalue weighted by Crippen LogP contribution is -2.48. The fraction of sp³-hybridized carbons (Fsp3) is 0.722. The average molecular weight is 353 g/mol. The summed E-state index contributed by atoms with van der Waals surface area (Å²) < 4.78 is 5.08. The van der Waals surface area contributed by atoms with Gasteiger partial charge in [-0.3, -0.25) is 9.59 Å². The molecule has 1 saturated heterocycles. The SMILES string of the molecule is CC/C(C)=C/C(=O)N1CCC(NC(=O)CNC(=O)OC(C)(C)C)CC1. The van der Waals surface area contributed by atoms with Crippen molar-refractivity contribution in [3.63, 3.8) is 0 Å². The van der Waals surface area contributed by atoms with Crippen LogP contribution in [-0.4, -0.2) is 54.1 Å². The Balaban J connectivity index is 2.31. The Kier molecular flexibility index (Phi) is 7.93. The first-order chi connectivity index (χ1) is 11.6. The van der Waals surface area contributed by atoms with Crippen molar-refractivity contribution in [3.05, 3.63) is 11.6 Å². The molecule has 7 nitrogen and oxygen atoms in total. The lowest BCUT2D eigenvalue weighted by Gasteiger charge is -2.32. The monoisotopic (exact) mass is 353 g/mol. The Morgan fingerprint density at radius 2 is 1.80 bits per heavy atom. The molecule has 1 aliphatic heterocycles. The van der Waals surface area contributed by atoms with E-state index in [2.05, 4.69) is 10.6 Å². The van der Waals surface area contributed by atoms with Gasteiger partial charge in [-0.1, -0.05) is 12.5 Å². The van der Waals surface area contributed by atoms with E-state index in [-0.39, 0.29) is 24.4 Å². The number of hydrogen-bond donors (Lipinski definition) is 2. The molecule has 7 heteroatoms. The van der Waals surface area contributed by atoms with E-state index >= 15 is 0 Å². The summed E-state index contributed by atoms with van der Waals surface area (Å²) in [6.45, 7) is 10.4. The lowest BCUT2D eigenvalue weighted by atomic mass is 10.0. The van der Waals surface area contributed by atoms with Crippen LogP contribution in [0, 0.1) is 0 Å². The minimum atomic E-state index is -0.610.